The zero-order valence-electron chi connectivity index (χ0n) is 51.3. The van der Waals surface area contributed by atoms with E-state index in [4.69, 9.17) is 0 Å². The first-order valence-corrected chi connectivity index (χ1v) is 29.4. The van der Waals surface area contributed by atoms with Gasteiger partial charge in [-0.15, -0.1) is 0 Å². The molecule has 0 atom stereocenters. The molecule has 8 aromatic carbocycles. The third-order valence-electron chi connectivity index (χ3n) is 14.4. The van der Waals surface area contributed by atoms with Gasteiger partial charge >= 0.3 is 0 Å². The Balaban J connectivity index is 0.000000120. The van der Waals surface area contributed by atoms with Crippen LogP contribution in [0.4, 0.5) is 0 Å². The second-order valence-corrected chi connectivity index (χ2v) is 21.3. The third kappa shape index (κ3) is 17.6. The van der Waals surface area contributed by atoms with Gasteiger partial charge in [-0.1, -0.05) is 163 Å². The minimum absolute atomic E-state index is 1.07. The molecule has 16 aromatic rings. The van der Waals surface area contributed by atoms with Crippen molar-refractivity contribution < 1.29 is 0 Å². The maximum absolute atomic E-state index is 4.38. The molecule has 0 spiro atoms. The number of fused-ring (bicyclic) bond motifs is 8. The van der Waals surface area contributed by atoms with Crippen LogP contribution in [-0.4, -0.2) is 39.9 Å². The fourth-order valence-corrected chi connectivity index (χ4v) is 9.74. The third-order valence-corrected chi connectivity index (χ3v) is 14.4. The maximum Gasteiger partial charge on any atom is 0.0731 e. The molecular weight excluding hydrogens is 1070 g/mol. The summed E-state index contributed by atoms with van der Waals surface area (Å²) in [5.74, 6) is 0. The number of aryl methyl sites for hydroxylation is 8. The molecule has 0 aliphatic rings. The molecular formula is C80H72N8. The van der Waals surface area contributed by atoms with Crippen LogP contribution < -0.4 is 0 Å². The predicted molar refractivity (Wildman–Crippen MR) is 372 cm³/mol. The molecule has 0 saturated carbocycles. The minimum Gasteiger partial charge on any atom is -0.261 e. The van der Waals surface area contributed by atoms with Crippen molar-refractivity contribution in [3.63, 3.8) is 0 Å². The minimum atomic E-state index is 1.07. The molecule has 8 heteroatoms. The molecule has 8 heterocycles. The maximum atomic E-state index is 4.38. The first-order chi connectivity index (χ1) is 42.9. The first kappa shape index (κ1) is 61.6. The van der Waals surface area contributed by atoms with E-state index in [1.165, 1.54) is 81.9 Å². The number of pyridine rings is 8. The quantitative estimate of drug-likeness (QED) is 0.148. The van der Waals surface area contributed by atoms with Crippen molar-refractivity contribution in [1.29, 1.82) is 0 Å². The molecule has 0 aliphatic heterocycles. The summed E-state index contributed by atoms with van der Waals surface area (Å²) < 4.78 is 0. The van der Waals surface area contributed by atoms with Gasteiger partial charge in [0.2, 0.25) is 0 Å². The number of benzene rings is 8. The molecule has 0 radical (unpaired) electrons. The van der Waals surface area contributed by atoms with Crippen LogP contribution in [0.3, 0.4) is 0 Å². The topological polar surface area (TPSA) is 103 Å². The smallest absolute Gasteiger partial charge is 0.0731 e. The predicted octanol–water partition coefficient (Wildman–Crippen LogP) is 20.3. The van der Waals surface area contributed by atoms with Crippen LogP contribution in [0.1, 0.15) is 44.8 Å². The molecule has 8 aromatic heterocycles. The standard InChI is InChI=1S/8C10H9N/c1-8-4-2-6-10-9(8)5-3-7-11-10;1-8-4-2-5-9-6-3-7-11-10(8)9;1-8-4-5-10-9(7-8)3-2-6-11-10;1-8-4-5-9-3-2-6-11-10(9)7-8;1-8-6-9-4-2-3-5-10(9)11-7-8;1-8-10-5-3-2-4-9(10)6-7-11-8;1-8-6-7-11-10-5-3-2-4-9(8)10;1-8-6-7-9-4-2-3-5-10(9)11-8/h8*2-7H,1H3. The van der Waals surface area contributed by atoms with E-state index in [1.807, 2.05) is 185 Å². The van der Waals surface area contributed by atoms with E-state index in [2.05, 4.69) is 203 Å². The van der Waals surface area contributed by atoms with Gasteiger partial charge in [-0.05, 0) is 180 Å². The van der Waals surface area contributed by atoms with Crippen molar-refractivity contribution in [3.8, 4) is 0 Å². The number of aromatic nitrogens is 8. The van der Waals surface area contributed by atoms with E-state index in [0.717, 1.165) is 50.0 Å². The summed E-state index contributed by atoms with van der Waals surface area (Å²) in [5, 5.41) is 11.1. The summed E-state index contributed by atoms with van der Waals surface area (Å²) in [6.07, 6.45) is 12.9. The van der Waals surface area contributed by atoms with Crippen LogP contribution in [0, 0.1) is 55.4 Å². The Morgan fingerprint density at radius 1 is 0.227 bits per heavy atom. The lowest BCUT2D eigenvalue weighted by molar-refractivity contribution is 1.24. The molecule has 0 N–H and O–H groups in total. The Hall–Kier alpha value is -11.0. The van der Waals surface area contributed by atoms with Gasteiger partial charge in [0.05, 0.1) is 38.6 Å². The normalized spacial score (nSPS) is 10.3. The largest absolute Gasteiger partial charge is 0.261 e. The number of nitrogens with zero attached hydrogens (tertiary/aromatic N) is 8. The average molecular weight is 1150 g/mol. The van der Waals surface area contributed by atoms with E-state index in [-0.39, 0.29) is 0 Å². The average Bonchev–Trinajstić information content (AvgIpc) is 3.60. The molecule has 88 heavy (non-hydrogen) atoms. The van der Waals surface area contributed by atoms with Crippen molar-refractivity contribution in [1.82, 2.24) is 39.9 Å². The Labute approximate surface area is 516 Å². The molecule has 0 amide bonds. The molecule has 0 bridgehead atoms. The molecule has 16 rings (SSSR count). The van der Waals surface area contributed by atoms with E-state index >= 15 is 0 Å². The fraction of sp³-hybridized carbons (Fsp3) is 0.100. The van der Waals surface area contributed by atoms with Crippen molar-refractivity contribution in [2.75, 3.05) is 0 Å². The Kier molecular flexibility index (Phi) is 21.9. The summed E-state index contributed by atoms with van der Waals surface area (Å²) in [7, 11) is 0. The van der Waals surface area contributed by atoms with Gasteiger partial charge in [0.1, 0.15) is 0 Å². The number of para-hydroxylation sites is 4. The van der Waals surface area contributed by atoms with Crippen LogP contribution >= 0.6 is 0 Å². The number of hydrogen-bond acceptors (Lipinski definition) is 8. The second-order valence-electron chi connectivity index (χ2n) is 21.3. The fourth-order valence-electron chi connectivity index (χ4n) is 9.74. The highest BCUT2D eigenvalue weighted by molar-refractivity contribution is 5.86. The monoisotopic (exact) mass is 1140 g/mol. The lowest BCUT2D eigenvalue weighted by Gasteiger charge is -1.97. The summed E-state index contributed by atoms with van der Waals surface area (Å²) >= 11 is 0. The van der Waals surface area contributed by atoms with Gasteiger partial charge in [-0.3, -0.25) is 39.9 Å². The number of hydrogen-bond donors (Lipinski definition) is 0. The van der Waals surface area contributed by atoms with Gasteiger partial charge in [-0.25, -0.2) is 0 Å². The van der Waals surface area contributed by atoms with Crippen molar-refractivity contribution >= 4 is 87.1 Å². The van der Waals surface area contributed by atoms with Crippen molar-refractivity contribution in [3.05, 3.63) is 337 Å². The van der Waals surface area contributed by atoms with E-state index in [1.54, 1.807) is 0 Å². The zero-order valence-corrected chi connectivity index (χ0v) is 51.3. The Bertz CT molecular complexity index is 4220. The van der Waals surface area contributed by atoms with Crippen molar-refractivity contribution in [2.45, 2.75) is 55.4 Å². The van der Waals surface area contributed by atoms with E-state index in [9.17, 15) is 0 Å². The Morgan fingerprint density at radius 3 is 1.42 bits per heavy atom. The Morgan fingerprint density at radius 2 is 0.682 bits per heavy atom. The second kappa shape index (κ2) is 31.3. The van der Waals surface area contributed by atoms with Crippen LogP contribution in [0.15, 0.2) is 292 Å². The highest BCUT2D eigenvalue weighted by atomic mass is 14.7. The molecule has 0 fully saturated rings. The van der Waals surface area contributed by atoms with Gasteiger partial charge in [-0.2, -0.15) is 0 Å². The molecule has 0 aliphatic carbocycles. The SMILES string of the molecule is Cc1ccc2ccccc2n1.Cc1ccc2cccnc2c1.Cc1ccc2ncccc2c1.Cc1cccc2cccnc12.Cc1cccc2ncccc12.Cc1ccnc2ccccc12.Cc1cnc2ccccc2c1.Cc1nccc2ccccc12. The molecule has 0 unspecified atom stereocenters. The highest BCUT2D eigenvalue weighted by Crippen LogP contribution is 2.19. The molecule has 432 valence electrons. The van der Waals surface area contributed by atoms with Crippen LogP contribution in [-0.2, 0) is 0 Å². The van der Waals surface area contributed by atoms with Crippen LogP contribution in [0.5, 0.6) is 0 Å². The van der Waals surface area contributed by atoms with Crippen molar-refractivity contribution in [2.24, 2.45) is 0 Å². The summed E-state index contributed by atoms with van der Waals surface area (Å²) in [5.41, 5.74) is 17.3. The summed E-state index contributed by atoms with van der Waals surface area (Å²) in [6.45, 7) is 16.5. The van der Waals surface area contributed by atoms with Crippen LogP contribution in [0.25, 0.3) is 87.1 Å². The highest BCUT2D eigenvalue weighted by Gasteiger charge is 1.99. The van der Waals surface area contributed by atoms with E-state index in [0.29, 0.717) is 0 Å². The van der Waals surface area contributed by atoms with Gasteiger partial charge in [0, 0.05) is 97.9 Å². The lowest BCUT2D eigenvalue weighted by Crippen LogP contribution is -1.80. The van der Waals surface area contributed by atoms with Gasteiger partial charge in [0.15, 0.2) is 0 Å². The number of rotatable bonds is 0. The van der Waals surface area contributed by atoms with E-state index < -0.39 is 0 Å². The zero-order chi connectivity index (χ0) is 61.5. The van der Waals surface area contributed by atoms with Gasteiger partial charge < -0.3 is 0 Å². The first-order valence-electron chi connectivity index (χ1n) is 29.4. The summed E-state index contributed by atoms with van der Waals surface area (Å²) in [6, 6.07) is 84.1. The lowest BCUT2D eigenvalue weighted by atomic mass is 10.1. The molecule has 8 nitrogen and oxygen atoms in total. The van der Waals surface area contributed by atoms with Gasteiger partial charge in [0.25, 0.3) is 0 Å². The molecule has 0 saturated heterocycles. The van der Waals surface area contributed by atoms with Crippen LogP contribution in [0.2, 0.25) is 0 Å². The summed E-state index contributed by atoms with van der Waals surface area (Å²) in [4.78, 5) is 34.1.